The molecule has 1 aliphatic rings. The number of anilines is 1. The lowest BCUT2D eigenvalue weighted by molar-refractivity contribution is -0.137. The number of aliphatic imine (C=N–C) groups is 1. The number of halogens is 3. The third-order valence-electron chi connectivity index (χ3n) is 4.28. The van der Waals surface area contributed by atoms with Gasteiger partial charge in [0.25, 0.3) is 5.91 Å². The van der Waals surface area contributed by atoms with Crippen LogP contribution in [0, 0.1) is 0 Å². The second-order valence-corrected chi connectivity index (χ2v) is 6.15. The van der Waals surface area contributed by atoms with Crippen molar-refractivity contribution in [3.63, 3.8) is 0 Å². The molecule has 0 fully saturated rings. The molecule has 1 aliphatic heterocycles. The van der Waals surface area contributed by atoms with Crippen LogP contribution in [0.25, 0.3) is 0 Å². The molecule has 2 aromatic carbocycles. The first-order chi connectivity index (χ1) is 13.4. The number of nitrogens with zero attached hydrogens (tertiary/aromatic N) is 3. The zero-order valence-corrected chi connectivity index (χ0v) is 14.4. The van der Waals surface area contributed by atoms with Gasteiger partial charge in [-0.2, -0.15) is 13.2 Å². The van der Waals surface area contributed by atoms with Gasteiger partial charge in [-0.1, -0.05) is 24.3 Å². The number of fused-ring (bicyclic) bond motifs is 1. The smallest absolute Gasteiger partial charge is 0.290 e. The van der Waals surface area contributed by atoms with E-state index in [1.165, 1.54) is 18.5 Å². The lowest BCUT2D eigenvalue weighted by Gasteiger charge is -2.08. The lowest BCUT2D eigenvalue weighted by Crippen LogP contribution is -2.14. The van der Waals surface area contributed by atoms with E-state index in [2.05, 4.69) is 20.3 Å². The summed E-state index contributed by atoms with van der Waals surface area (Å²) in [5.41, 5.74) is 1.66. The summed E-state index contributed by atoms with van der Waals surface area (Å²) in [5, 5.41) is 2.59. The molecule has 0 saturated carbocycles. The van der Waals surface area contributed by atoms with E-state index in [0.29, 0.717) is 28.9 Å². The van der Waals surface area contributed by atoms with Crippen LogP contribution >= 0.6 is 0 Å². The Labute approximate surface area is 158 Å². The maximum absolute atomic E-state index is 13.0. The first-order valence-electron chi connectivity index (χ1n) is 8.37. The van der Waals surface area contributed by atoms with Crippen LogP contribution < -0.4 is 5.32 Å². The van der Waals surface area contributed by atoms with Crippen molar-refractivity contribution in [3.8, 4) is 0 Å². The van der Waals surface area contributed by atoms with E-state index >= 15 is 0 Å². The van der Waals surface area contributed by atoms with Gasteiger partial charge in [0.15, 0.2) is 0 Å². The molecule has 28 heavy (non-hydrogen) atoms. The molecule has 0 saturated heterocycles. The molecule has 140 valence electrons. The van der Waals surface area contributed by atoms with Gasteiger partial charge in [-0.3, -0.25) is 15.1 Å². The molecule has 3 aromatic rings. The monoisotopic (exact) mass is 382 g/mol. The Morgan fingerprint density at radius 3 is 2.50 bits per heavy atom. The quantitative estimate of drug-likeness (QED) is 0.729. The van der Waals surface area contributed by atoms with Gasteiger partial charge in [0, 0.05) is 18.8 Å². The summed E-state index contributed by atoms with van der Waals surface area (Å²) in [6.07, 6.45) is -1.08. The fraction of sp³-hybridized carbons (Fsp3) is 0.100. The summed E-state index contributed by atoms with van der Waals surface area (Å²) in [5.74, 6) is -0.276. The highest BCUT2D eigenvalue weighted by molar-refractivity contribution is 6.12. The summed E-state index contributed by atoms with van der Waals surface area (Å²) >= 11 is 0. The van der Waals surface area contributed by atoms with Crippen molar-refractivity contribution in [1.29, 1.82) is 0 Å². The van der Waals surface area contributed by atoms with Gasteiger partial charge in [-0.05, 0) is 35.4 Å². The number of carbonyl (C=O) groups is 1. The Bertz CT molecular complexity index is 1080. The molecule has 0 bridgehead atoms. The van der Waals surface area contributed by atoms with Crippen molar-refractivity contribution in [1.82, 2.24) is 9.97 Å². The van der Waals surface area contributed by atoms with Crippen LogP contribution in [-0.2, 0) is 12.6 Å². The summed E-state index contributed by atoms with van der Waals surface area (Å²) < 4.78 is 39.0. The summed E-state index contributed by atoms with van der Waals surface area (Å²) in [6.45, 7) is 0. The van der Waals surface area contributed by atoms with E-state index in [1.54, 1.807) is 30.3 Å². The minimum atomic E-state index is -4.43. The topological polar surface area (TPSA) is 67.2 Å². The molecule has 0 aliphatic carbocycles. The largest absolute Gasteiger partial charge is 0.416 e. The molecule has 1 aromatic heterocycles. The predicted octanol–water partition coefficient (Wildman–Crippen LogP) is 4.42. The van der Waals surface area contributed by atoms with Gasteiger partial charge >= 0.3 is 6.18 Å². The molecular weight excluding hydrogens is 369 g/mol. The lowest BCUT2D eigenvalue weighted by atomic mass is 10.0. The molecule has 0 atom stereocenters. The number of aromatic nitrogens is 2. The Morgan fingerprint density at radius 1 is 1.00 bits per heavy atom. The summed E-state index contributed by atoms with van der Waals surface area (Å²) in [7, 11) is 0. The highest BCUT2D eigenvalue weighted by Gasteiger charge is 2.31. The first kappa shape index (κ1) is 17.8. The van der Waals surface area contributed by atoms with Crippen LogP contribution in [0.5, 0.6) is 0 Å². The Kier molecular flexibility index (Phi) is 4.38. The minimum absolute atomic E-state index is 0.158. The van der Waals surface area contributed by atoms with Gasteiger partial charge in [0.1, 0.15) is 0 Å². The first-order valence-corrected chi connectivity index (χ1v) is 8.37. The fourth-order valence-corrected chi connectivity index (χ4v) is 2.98. The molecule has 2 heterocycles. The van der Waals surface area contributed by atoms with E-state index in [-0.39, 0.29) is 5.95 Å². The molecule has 1 N–H and O–H groups in total. The fourth-order valence-electron chi connectivity index (χ4n) is 2.98. The Hall–Kier alpha value is -3.55. The average Bonchev–Trinajstić information content (AvgIpc) is 3.12. The molecule has 0 spiro atoms. The maximum Gasteiger partial charge on any atom is 0.416 e. The van der Waals surface area contributed by atoms with Crippen molar-refractivity contribution in [2.24, 2.45) is 4.99 Å². The maximum atomic E-state index is 13.0. The third-order valence-corrected chi connectivity index (χ3v) is 4.28. The van der Waals surface area contributed by atoms with E-state index < -0.39 is 17.6 Å². The average molecular weight is 382 g/mol. The Balaban J connectivity index is 1.66. The van der Waals surface area contributed by atoms with Gasteiger partial charge in [-0.15, -0.1) is 0 Å². The number of rotatable bonds is 3. The number of alkyl halides is 3. The van der Waals surface area contributed by atoms with Crippen LogP contribution in [0.3, 0.4) is 0 Å². The second kappa shape index (κ2) is 6.88. The van der Waals surface area contributed by atoms with Crippen LogP contribution in [0.1, 0.15) is 27.0 Å². The SMILES string of the molecule is O=C(Nc1ncccn1)c1cccc2c1N=C(c1cccc(C(F)(F)F)c1)C2. The van der Waals surface area contributed by atoms with Gasteiger partial charge in [0.2, 0.25) is 5.95 Å². The van der Waals surface area contributed by atoms with Crippen molar-refractivity contribution in [3.05, 3.63) is 83.2 Å². The number of amides is 1. The van der Waals surface area contributed by atoms with Gasteiger partial charge < -0.3 is 0 Å². The molecule has 8 heteroatoms. The van der Waals surface area contributed by atoms with Crippen LogP contribution in [0.2, 0.25) is 0 Å². The van der Waals surface area contributed by atoms with E-state index in [1.807, 2.05) is 0 Å². The number of carbonyl (C=O) groups excluding carboxylic acids is 1. The highest BCUT2D eigenvalue weighted by Crippen LogP contribution is 2.34. The second-order valence-electron chi connectivity index (χ2n) is 6.15. The highest BCUT2D eigenvalue weighted by atomic mass is 19.4. The number of para-hydroxylation sites is 1. The summed E-state index contributed by atoms with van der Waals surface area (Å²) in [6, 6.07) is 11.8. The zero-order valence-electron chi connectivity index (χ0n) is 14.4. The molecule has 0 unspecified atom stereocenters. The molecule has 4 rings (SSSR count). The zero-order chi connectivity index (χ0) is 19.7. The van der Waals surface area contributed by atoms with E-state index in [4.69, 9.17) is 0 Å². The minimum Gasteiger partial charge on any atom is -0.290 e. The number of hydrogen-bond donors (Lipinski definition) is 1. The van der Waals surface area contributed by atoms with Crippen molar-refractivity contribution in [2.75, 3.05) is 5.32 Å². The summed E-state index contributed by atoms with van der Waals surface area (Å²) in [4.78, 5) is 24.9. The Morgan fingerprint density at radius 2 is 1.75 bits per heavy atom. The standard InChI is InChI=1S/C20H13F3N4O/c21-20(22,23)14-6-1-4-12(10-14)16-11-13-5-2-7-15(17(13)26-16)18(28)27-19-24-8-3-9-25-19/h1-10H,11H2,(H,24,25,27,28). The van der Waals surface area contributed by atoms with Gasteiger partial charge in [-0.25, -0.2) is 9.97 Å². The predicted molar refractivity (Wildman–Crippen MR) is 97.8 cm³/mol. The van der Waals surface area contributed by atoms with Gasteiger partial charge in [0.05, 0.1) is 22.5 Å². The van der Waals surface area contributed by atoms with E-state index in [0.717, 1.165) is 17.7 Å². The van der Waals surface area contributed by atoms with Crippen molar-refractivity contribution < 1.29 is 18.0 Å². The molecule has 5 nitrogen and oxygen atoms in total. The number of hydrogen-bond acceptors (Lipinski definition) is 4. The third kappa shape index (κ3) is 3.48. The van der Waals surface area contributed by atoms with Crippen LogP contribution in [-0.4, -0.2) is 21.6 Å². The van der Waals surface area contributed by atoms with Crippen LogP contribution in [0.4, 0.5) is 24.8 Å². The number of nitrogens with one attached hydrogen (secondary N) is 1. The molecular formula is C20H13F3N4O. The van der Waals surface area contributed by atoms with Crippen molar-refractivity contribution >= 4 is 23.3 Å². The van der Waals surface area contributed by atoms with Crippen LogP contribution in [0.15, 0.2) is 65.9 Å². The number of benzene rings is 2. The van der Waals surface area contributed by atoms with Crippen molar-refractivity contribution in [2.45, 2.75) is 12.6 Å². The van der Waals surface area contributed by atoms with E-state index in [9.17, 15) is 18.0 Å². The molecule has 0 radical (unpaired) electrons. The molecule has 1 amide bonds. The normalized spacial score (nSPS) is 13.0.